The van der Waals surface area contributed by atoms with Gasteiger partial charge in [0.15, 0.2) is 0 Å². The minimum absolute atomic E-state index is 0.157. The predicted octanol–water partition coefficient (Wildman–Crippen LogP) is 3.23. The minimum Gasteiger partial charge on any atom is -0.497 e. The molecule has 0 aliphatic carbocycles. The summed E-state index contributed by atoms with van der Waals surface area (Å²) in [6.45, 7) is 5.67. The number of methoxy groups -OCH3 is 1. The minimum atomic E-state index is -3.58. The summed E-state index contributed by atoms with van der Waals surface area (Å²) in [7, 11) is -1.97. The van der Waals surface area contributed by atoms with Gasteiger partial charge in [-0.05, 0) is 54.3 Å². The van der Waals surface area contributed by atoms with Crippen molar-refractivity contribution in [2.75, 3.05) is 33.4 Å². The lowest BCUT2D eigenvalue weighted by molar-refractivity contribution is 0.0730. The number of hydrogen-bond donors (Lipinski definition) is 1. The average molecular weight is 447 g/mol. The van der Waals surface area contributed by atoms with Crippen molar-refractivity contribution in [1.29, 1.82) is 0 Å². The lowest BCUT2D eigenvalue weighted by atomic mass is 9.96. The van der Waals surface area contributed by atoms with E-state index in [1.165, 1.54) is 16.4 Å². The second-order valence-electron chi connectivity index (χ2n) is 7.97. The molecule has 8 heteroatoms. The third kappa shape index (κ3) is 5.84. The monoisotopic (exact) mass is 446 g/mol. The third-order valence-corrected chi connectivity index (χ3v) is 7.17. The van der Waals surface area contributed by atoms with Crippen molar-refractivity contribution in [2.24, 2.45) is 5.92 Å². The van der Waals surface area contributed by atoms with Crippen molar-refractivity contribution < 1.29 is 22.7 Å². The molecule has 168 valence electrons. The number of carbonyl (C=O) groups excluding carboxylic acids is 1. The summed E-state index contributed by atoms with van der Waals surface area (Å²) in [5, 5.41) is 3.08. The van der Waals surface area contributed by atoms with Crippen molar-refractivity contribution in [3.05, 3.63) is 59.7 Å². The number of carbonyl (C=O) groups is 1. The highest BCUT2D eigenvalue weighted by Gasteiger charge is 2.26. The SMILES string of the molecule is COc1ccc(C(CC(C)C)NC(=O)c2ccc(S(=O)(=O)N3CCOCC3)cc2)cc1. The molecule has 7 nitrogen and oxygen atoms in total. The summed E-state index contributed by atoms with van der Waals surface area (Å²) >= 11 is 0. The van der Waals surface area contributed by atoms with Gasteiger partial charge >= 0.3 is 0 Å². The Balaban J connectivity index is 1.74. The van der Waals surface area contributed by atoms with Crippen molar-refractivity contribution >= 4 is 15.9 Å². The Bertz CT molecular complexity index is 966. The normalized spacial score (nSPS) is 16.1. The number of sulfonamides is 1. The Morgan fingerprint density at radius 3 is 2.23 bits per heavy atom. The highest BCUT2D eigenvalue weighted by atomic mass is 32.2. The zero-order valence-electron chi connectivity index (χ0n) is 18.2. The van der Waals surface area contributed by atoms with E-state index < -0.39 is 10.0 Å². The van der Waals surface area contributed by atoms with Gasteiger partial charge in [0, 0.05) is 18.7 Å². The van der Waals surface area contributed by atoms with E-state index in [0.717, 1.165) is 17.7 Å². The Hall–Kier alpha value is -2.42. The number of hydrogen-bond acceptors (Lipinski definition) is 5. The van der Waals surface area contributed by atoms with Gasteiger partial charge in [0.05, 0.1) is 31.3 Å². The van der Waals surface area contributed by atoms with Crippen molar-refractivity contribution in [2.45, 2.75) is 31.2 Å². The highest BCUT2D eigenvalue weighted by molar-refractivity contribution is 7.89. The molecule has 1 unspecified atom stereocenters. The summed E-state index contributed by atoms with van der Waals surface area (Å²) in [4.78, 5) is 13.1. The smallest absolute Gasteiger partial charge is 0.251 e. The van der Waals surface area contributed by atoms with Gasteiger partial charge in [-0.15, -0.1) is 0 Å². The molecule has 2 aromatic carbocycles. The van der Waals surface area contributed by atoms with E-state index in [0.29, 0.717) is 37.8 Å². The molecule has 1 amide bonds. The van der Waals surface area contributed by atoms with Crippen molar-refractivity contribution in [3.63, 3.8) is 0 Å². The number of benzene rings is 2. The van der Waals surface area contributed by atoms with Crippen LogP contribution in [0.3, 0.4) is 0 Å². The van der Waals surface area contributed by atoms with E-state index >= 15 is 0 Å². The molecule has 0 radical (unpaired) electrons. The largest absolute Gasteiger partial charge is 0.497 e. The lowest BCUT2D eigenvalue weighted by Crippen LogP contribution is -2.40. The molecule has 0 saturated carbocycles. The molecule has 1 atom stereocenters. The third-order valence-electron chi connectivity index (χ3n) is 5.25. The van der Waals surface area contributed by atoms with Crippen LogP contribution in [0.15, 0.2) is 53.4 Å². The first-order valence-corrected chi connectivity index (χ1v) is 11.9. The molecule has 0 bridgehead atoms. The van der Waals surface area contributed by atoms with Crippen molar-refractivity contribution in [3.8, 4) is 5.75 Å². The van der Waals surface area contributed by atoms with Crippen LogP contribution in [-0.4, -0.2) is 52.0 Å². The molecule has 1 fully saturated rings. The quantitative estimate of drug-likeness (QED) is 0.673. The van der Waals surface area contributed by atoms with Gasteiger partial charge in [-0.3, -0.25) is 4.79 Å². The Morgan fingerprint density at radius 2 is 1.68 bits per heavy atom. The van der Waals surface area contributed by atoms with Crippen LogP contribution in [0.2, 0.25) is 0 Å². The summed E-state index contributed by atoms with van der Waals surface area (Å²) < 4.78 is 37.4. The van der Waals surface area contributed by atoms with Gasteiger partial charge in [-0.1, -0.05) is 26.0 Å². The van der Waals surface area contributed by atoms with Crippen LogP contribution in [-0.2, 0) is 14.8 Å². The maximum absolute atomic E-state index is 12.9. The van der Waals surface area contributed by atoms with E-state index in [2.05, 4.69) is 19.2 Å². The Labute approximate surface area is 184 Å². The molecule has 2 aromatic rings. The number of nitrogens with one attached hydrogen (secondary N) is 1. The molecule has 1 heterocycles. The molecule has 1 N–H and O–H groups in total. The Morgan fingerprint density at radius 1 is 1.06 bits per heavy atom. The molecule has 31 heavy (non-hydrogen) atoms. The summed E-state index contributed by atoms with van der Waals surface area (Å²) in [6, 6.07) is 13.6. The van der Waals surface area contributed by atoms with Gasteiger partial charge in [0.1, 0.15) is 5.75 Å². The number of ether oxygens (including phenoxy) is 2. The van der Waals surface area contributed by atoms with E-state index in [9.17, 15) is 13.2 Å². The van der Waals surface area contributed by atoms with Crippen LogP contribution in [0.5, 0.6) is 5.75 Å². The van der Waals surface area contributed by atoms with Crippen LogP contribution in [0, 0.1) is 5.92 Å². The lowest BCUT2D eigenvalue weighted by Gasteiger charge is -2.26. The fourth-order valence-corrected chi connectivity index (χ4v) is 4.95. The molecule has 0 spiro atoms. The maximum Gasteiger partial charge on any atom is 0.251 e. The molecular formula is C23H30N2O5S. The number of nitrogens with zero attached hydrogens (tertiary/aromatic N) is 1. The van der Waals surface area contributed by atoms with Crippen LogP contribution in [0.4, 0.5) is 0 Å². The van der Waals surface area contributed by atoms with Crippen LogP contribution in [0.1, 0.15) is 42.2 Å². The molecule has 0 aromatic heterocycles. The standard InChI is InChI=1S/C23H30N2O5S/c1-17(2)16-22(18-4-8-20(29-3)9-5-18)24-23(26)19-6-10-21(11-7-19)31(27,28)25-12-14-30-15-13-25/h4-11,17,22H,12-16H2,1-3H3,(H,24,26). The molecular weight excluding hydrogens is 416 g/mol. The van der Waals surface area contributed by atoms with Crippen LogP contribution in [0.25, 0.3) is 0 Å². The fourth-order valence-electron chi connectivity index (χ4n) is 3.54. The summed E-state index contributed by atoms with van der Waals surface area (Å²) in [6.07, 6.45) is 0.779. The van der Waals surface area contributed by atoms with Gasteiger partial charge in [0.25, 0.3) is 5.91 Å². The van der Waals surface area contributed by atoms with Crippen LogP contribution >= 0.6 is 0 Å². The topological polar surface area (TPSA) is 84.9 Å². The van der Waals surface area contributed by atoms with Crippen LogP contribution < -0.4 is 10.1 Å². The average Bonchev–Trinajstić information content (AvgIpc) is 2.79. The molecule has 1 aliphatic rings. The maximum atomic E-state index is 12.9. The van der Waals surface area contributed by atoms with E-state index in [1.54, 1.807) is 19.2 Å². The van der Waals surface area contributed by atoms with Gasteiger partial charge in [0.2, 0.25) is 10.0 Å². The summed E-state index contributed by atoms with van der Waals surface area (Å²) in [5.41, 5.74) is 1.41. The van der Waals surface area contributed by atoms with Gasteiger partial charge in [-0.25, -0.2) is 8.42 Å². The first kappa shape index (κ1) is 23.2. The second-order valence-corrected chi connectivity index (χ2v) is 9.91. The Kier molecular flexibility index (Phi) is 7.69. The molecule has 1 aliphatic heterocycles. The van der Waals surface area contributed by atoms with Crippen molar-refractivity contribution in [1.82, 2.24) is 9.62 Å². The molecule has 1 saturated heterocycles. The van der Waals surface area contributed by atoms with E-state index in [4.69, 9.17) is 9.47 Å². The predicted molar refractivity (Wildman–Crippen MR) is 119 cm³/mol. The van der Waals surface area contributed by atoms with Gasteiger partial charge in [-0.2, -0.15) is 4.31 Å². The van der Waals surface area contributed by atoms with E-state index in [-0.39, 0.29) is 16.8 Å². The molecule has 3 rings (SSSR count). The second kappa shape index (κ2) is 10.3. The zero-order chi connectivity index (χ0) is 22.4. The van der Waals surface area contributed by atoms with E-state index in [1.807, 2.05) is 24.3 Å². The highest BCUT2D eigenvalue weighted by Crippen LogP contribution is 2.24. The zero-order valence-corrected chi connectivity index (χ0v) is 19.0. The first-order valence-electron chi connectivity index (χ1n) is 10.4. The fraction of sp³-hybridized carbons (Fsp3) is 0.435. The first-order chi connectivity index (χ1) is 14.8. The summed E-state index contributed by atoms with van der Waals surface area (Å²) in [5.74, 6) is 0.903. The number of morpholine rings is 1. The van der Waals surface area contributed by atoms with Gasteiger partial charge < -0.3 is 14.8 Å². The number of amides is 1. The number of rotatable bonds is 8.